The Kier molecular flexibility index (Phi) is 5.99. The normalized spacial score (nSPS) is 12.6. The number of rotatable bonds is 7. The third-order valence-electron chi connectivity index (χ3n) is 3.28. The number of anilines is 1. The third-order valence-corrected chi connectivity index (χ3v) is 3.28. The van der Waals surface area contributed by atoms with Crippen LogP contribution in [0.5, 0.6) is 5.75 Å². The maximum Gasteiger partial charge on any atom is 0.122 e. The molecule has 0 heterocycles. The zero-order chi connectivity index (χ0) is 13.5. The molecule has 0 saturated heterocycles. The van der Waals surface area contributed by atoms with Crippen molar-refractivity contribution in [1.29, 1.82) is 0 Å². The molecule has 102 valence electrons. The van der Waals surface area contributed by atoms with Crippen LogP contribution in [0.1, 0.15) is 38.7 Å². The van der Waals surface area contributed by atoms with Crippen molar-refractivity contribution >= 4 is 5.69 Å². The van der Waals surface area contributed by atoms with E-state index < -0.39 is 0 Å². The van der Waals surface area contributed by atoms with Crippen LogP contribution in [0.15, 0.2) is 18.2 Å². The van der Waals surface area contributed by atoms with Gasteiger partial charge in [-0.15, -0.1) is 0 Å². The van der Waals surface area contributed by atoms with Crippen molar-refractivity contribution < 1.29 is 9.84 Å². The van der Waals surface area contributed by atoms with Crippen molar-refractivity contribution in [3.05, 3.63) is 23.8 Å². The van der Waals surface area contributed by atoms with Crippen molar-refractivity contribution in [1.82, 2.24) is 0 Å². The average Bonchev–Trinajstić information content (AvgIpc) is 2.39. The Bertz CT molecular complexity index is 360. The molecule has 0 saturated carbocycles. The standard InChI is InChI=1S/C15H25NO2/c1-5-12(10-17)9-16-13-6-7-15(18-4)14(8-13)11(2)3/h6-8,11-12,16-17H,5,9-10H2,1-4H3. The molecule has 3 nitrogen and oxygen atoms in total. The van der Waals surface area contributed by atoms with E-state index in [4.69, 9.17) is 9.84 Å². The first-order valence-electron chi connectivity index (χ1n) is 6.65. The van der Waals surface area contributed by atoms with E-state index in [1.165, 1.54) is 5.56 Å². The average molecular weight is 251 g/mol. The number of aliphatic hydroxyl groups is 1. The van der Waals surface area contributed by atoms with Gasteiger partial charge in [-0.1, -0.05) is 20.8 Å². The number of methoxy groups -OCH3 is 1. The van der Waals surface area contributed by atoms with Crippen LogP contribution in [0.3, 0.4) is 0 Å². The van der Waals surface area contributed by atoms with E-state index in [0.717, 1.165) is 24.4 Å². The molecule has 18 heavy (non-hydrogen) atoms. The zero-order valence-corrected chi connectivity index (χ0v) is 11.9. The number of hydrogen-bond donors (Lipinski definition) is 2. The summed E-state index contributed by atoms with van der Waals surface area (Å²) in [6.07, 6.45) is 0.983. The van der Waals surface area contributed by atoms with Crippen molar-refractivity contribution in [2.45, 2.75) is 33.1 Å². The summed E-state index contributed by atoms with van der Waals surface area (Å²) in [6.45, 7) is 7.44. The van der Waals surface area contributed by atoms with Crippen LogP contribution in [-0.4, -0.2) is 25.4 Å². The van der Waals surface area contributed by atoms with E-state index in [-0.39, 0.29) is 6.61 Å². The summed E-state index contributed by atoms with van der Waals surface area (Å²) in [6, 6.07) is 6.15. The van der Waals surface area contributed by atoms with E-state index in [1.807, 2.05) is 12.1 Å². The maximum atomic E-state index is 9.17. The van der Waals surface area contributed by atoms with Crippen LogP contribution in [0.4, 0.5) is 5.69 Å². The van der Waals surface area contributed by atoms with Gasteiger partial charge in [0.2, 0.25) is 0 Å². The van der Waals surface area contributed by atoms with Gasteiger partial charge in [0.15, 0.2) is 0 Å². The molecule has 1 unspecified atom stereocenters. The molecule has 2 N–H and O–H groups in total. The van der Waals surface area contributed by atoms with Gasteiger partial charge in [-0.05, 0) is 42.0 Å². The summed E-state index contributed by atoms with van der Waals surface area (Å²) < 4.78 is 5.36. The smallest absolute Gasteiger partial charge is 0.122 e. The van der Waals surface area contributed by atoms with Crippen molar-refractivity contribution in [2.24, 2.45) is 5.92 Å². The monoisotopic (exact) mass is 251 g/mol. The van der Waals surface area contributed by atoms with Crippen molar-refractivity contribution in [3.8, 4) is 5.75 Å². The molecule has 1 aromatic carbocycles. The minimum absolute atomic E-state index is 0.233. The first kappa shape index (κ1) is 14.8. The molecule has 0 fully saturated rings. The molecular formula is C15H25NO2. The first-order valence-corrected chi connectivity index (χ1v) is 6.65. The molecule has 1 atom stereocenters. The fourth-order valence-corrected chi connectivity index (χ4v) is 1.90. The van der Waals surface area contributed by atoms with Crippen LogP contribution in [0, 0.1) is 5.92 Å². The van der Waals surface area contributed by atoms with Crippen LogP contribution in [0.2, 0.25) is 0 Å². The molecule has 1 rings (SSSR count). The molecule has 0 radical (unpaired) electrons. The molecule has 0 spiro atoms. The molecule has 3 heteroatoms. The third kappa shape index (κ3) is 3.91. The number of nitrogens with one attached hydrogen (secondary N) is 1. The highest BCUT2D eigenvalue weighted by Crippen LogP contribution is 2.29. The Hall–Kier alpha value is -1.22. The fraction of sp³-hybridized carbons (Fsp3) is 0.600. The number of aliphatic hydroxyl groups excluding tert-OH is 1. The predicted molar refractivity (Wildman–Crippen MR) is 76.4 cm³/mol. The second-order valence-electron chi connectivity index (χ2n) is 4.95. The largest absolute Gasteiger partial charge is 0.496 e. The molecule has 0 amide bonds. The highest BCUT2D eigenvalue weighted by Gasteiger charge is 2.09. The lowest BCUT2D eigenvalue weighted by molar-refractivity contribution is 0.230. The van der Waals surface area contributed by atoms with E-state index >= 15 is 0 Å². The molecule has 0 aliphatic carbocycles. The van der Waals surface area contributed by atoms with E-state index in [2.05, 4.69) is 32.2 Å². The lowest BCUT2D eigenvalue weighted by Gasteiger charge is -2.17. The van der Waals surface area contributed by atoms with Gasteiger partial charge in [0, 0.05) is 18.8 Å². The minimum Gasteiger partial charge on any atom is -0.496 e. The Morgan fingerprint density at radius 3 is 2.56 bits per heavy atom. The van der Waals surface area contributed by atoms with Gasteiger partial charge in [-0.3, -0.25) is 0 Å². The van der Waals surface area contributed by atoms with Gasteiger partial charge < -0.3 is 15.2 Å². The number of ether oxygens (including phenoxy) is 1. The van der Waals surface area contributed by atoms with Crippen LogP contribution < -0.4 is 10.1 Å². The lowest BCUT2D eigenvalue weighted by atomic mass is 10.0. The van der Waals surface area contributed by atoms with E-state index in [9.17, 15) is 0 Å². The fourth-order valence-electron chi connectivity index (χ4n) is 1.90. The highest BCUT2D eigenvalue weighted by atomic mass is 16.5. The van der Waals surface area contributed by atoms with Gasteiger partial charge in [0.1, 0.15) is 5.75 Å². The Labute approximate surface area is 110 Å². The van der Waals surface area contributed by atoms with Gasteiger partial charge in [-0.25, -0.2) is 0 Å². The van der Waals surface area contributed by atoms with Gasteiger partial charge in [0.05, 0.1) is 7.11 Å². The molecule has 0 aliphatic rings. The summed E-state index contributed by atoms with van der Waals surface area (Å²) in [5, 5.41) is 12.5. The minimum atomic E-state index is 0.233. The topological polar surface area (TPSA) is 41.5 Å². The second-order valence-corrected chi connectivity index (χ2v) is 4.95. The summed E-state index contributed by atoms with van der Waals surface area (Å²) >= 11 is 0. The van der Waals surface area contributed by atoms with Crippen LogP contribution >= 0.6 is 0 Å². The number of benzene rings is 1. The van der Waals surface area contributed by atoms with Gasteiger partial charge >= 0.3 is 0 Å². The summed E-state index contributed by atoms with van der Waals surface area (Å²) in [5.74, 6) is 1.68. The van der Waals surface area contributed by atoms with Crippen molar-refractivity contribution in [3.63, 3.8) is 0 Å². The Morgan fingerprint density at radius 2 is 2.06 bits per heavy atom. The quantitative estimate of drug-likeness (QED) is 0.781. The molecule has 0 aromatic heterocycles. The Balaban J connectivity index is 2.75. The number of hydrogen-bond acceptors (Lipinski definition) is 3. The predicted octanol–water partition coefficient (Wildman–Crippen LogP) is 3.25. The molecular weight excluding hydrogens is 226 g/mol. The first-order chi connectivity index (χ1) is 8.62. The van der Waals surface area contributed by atoms with Gasteiger partial charge in [-0.2, -0.15) is 0 Å². The summed E-state index contributed by atoms with van der Waals surface area (Å²) in [7, 11) is 1.70. The van der Waals surface area contributed by atoms with E-state index in [1.54, 1.807) is 7.11 Å². The van der Waals surface area contributed by atoms with Crippen LogP contribution in [-0.2, 0) is 0 Å². The van der Waals surface area contributed by atoms with Crippen LogP contribution in [0.25, 0.3) is 0 Å². The Morgan fingerprint density at radius 1 is 1.33 bits per heavy atom. The second kappa shape index (κ2) is 7.27. The maximum absolute atomic E-state index is 9.17. The highest BCUT2D eigenvalue weighted by molar-refractivity contribution is 5.52. The van der Waals surface area contributed by atoms with E-state index in [0.29, 0.717) is 11.8 Å². The molecule has 0 bridgehead atoms. The summed E-state index contributed by atoms with van der Waals surface area (Å²) in [4.78, 5) is 0. The van der Waals surface area contributed by atoms with Crippen molar-refractivity contribution in [2.75, 3.05) is 25.6 Å². The molecule has 1 aromatic rings. The zero-order valence-electron chi connectivity index (χ0n) is 11.9. The lowest BCUT2D eigenvalue weighted by Crippen LogP contribution is -2.17. The molecule has 0 aliphatic heterocycles. The summed E-state index contributed by atoms with van der Waals surface area (Å²) in [5.41, 5.74) is 2.30. The SMILES string of the molecule is CCC(CO)CNc1ccc(OC)c(C(C)C)c1. The van der Waals surface area contributed by atoms with Gasteiger partial charge in [0.25, 0.3) is 0 Å².